The summed E-state index contributed by atoms with van der Waals surface area (Å²) in [6.45, 7) is 4.90. The molecule has 0 aromatic carbocycles. The highest BCUT2D eigenvalue weighted by Gasteiger charge is 2.14. The van der Waals surface area contributed by atoms with E-state index < -0.39 is 0 Å². The van der Waals surface area contributed by atoms with Crippen LogP contribution >= 0.6 is 0 Å². The van der Waals surface area contributed by atoms with E-state index in [1.165, 1.54) is 0 Å². The minimum absolute atomic E-state index is 0.277. The number of methoxy groups -OCH3 is 1. The second kappa shape index (κ2) is 7.70. The number of hydrogen-bond acceptors (Lipinski definition) is 3. The maximum absolute atomic E-state index is 5.34. The molecule has 0 saturated carbocycles. The van der Waals surface area contributed by atoms with Crippen molar-refractivity contribution in [1.82, 2.24) is 10.3 Å². The van der Waals surface area contributed by atoms with Crippen molar-refractivity contribution in [2.24, 2.45) is 0 Å². The van der Waals surface area contributed by atoms with Gasteiger partial charge in [-0.1, -0.05) is 6.92 Å². The predicted molar refractivity (Wildman–Crippen MR) is 69.9 cm³/mol. The number of pyridine rings is 1. The minimum atomic E-state index is 0.277. The average molecular weight is 232 g/mol. The fraction of sp³-hybridized carbons (Fsp3) is 0.500. The summed E-state index contributed by atoms with van der Waals surface area (Å²) in [4.78, 5) is 4.07. The Labute approximate surface area is 104 Å². The standard InChI is InChI=1S/C14H20N2O/c1-4-6-7-8-13(16-5-2)12-9-10-15-11-14(12)17-3/h9-11,13,16H,5,7-8H2,1-3H3. The molecule has 3 nitrogen and oxygen atoms in total. The molecular formula is C14H20N2O. The summed E-state index contributed by atoms with van der Waals surface area (Å²) in [5.74, 6) is 6.86. The van der Waals surface area contributed by atoms with Gasteiger partial charge in [0.1, 0.15) is 5.75 Å². The van der Waals surface area contributed by atoms with Gasteiger partial charge in [-0.15, -0.1) is 11.8 Å². The Hall–Kier alpha value is -1.53. The quantitative estimate of drug-likeness (QED) is 0.765. The zero-order valence-electron chi connectivity index (χ0n) is 10.8. The van der Waals surface area contributed by atoms with E-state index in [0.29, 0.717) is 0 Å². The Morgan fingerprint density at radius 2 is 2.35 bits per heavy atom. The molecule has 1 atom stereocenters. The number of nitrogens with zero attached hydrogens (tertiary/aromatic N) is 1. The largest absolute Gasteiger partial charge is 0.495 e. The predicted octanol–water partition coefficient (Wildman–Crippen LogP) is 2.54. The van der Waals surface area contributed by atoms with Crippen LogP contribution in [-0.4, -0.2) is 18.6 Å². The van der Waals surface area contributed by atoms with Gasteiger partial charge in [-0.05, 0) is 26.0 Å². The molecule has 3 heteroatoms. The fourth-order valence-electron chi connectivity index (χ4n) is 1.80. The summed E-state index contributed by atoms with van der Waals surface area (Å²) in [5, 5.41) is 3.46. The third kappa shape index (κ3) is 4.08. The van der Waals surface area contributed by atoms with Gasteiger partial charge < -0.3 is 10.1 Å². The summed E-state index contributed by atoms with van der Waals surface area (Å²) in [6.07, 6.45) is 5.42. The van der Waals surface area contributed by atoms with Crippen LogP contribution in [0.15, 0.2) is 18.5 Å². The van der Waals surface area contributed by atoms with E-state index in [0.717, 1.165) is 30.7 Å². The van der Waals surface area contributed by atoms with E-state index in [4.69, 9.17) is 4.74 Å². The summed E-state index contributed by atoms with van der Waals surface area (Å²) >= 11 is 0. The first kappa shape index (κ1) is 13.5. The number of rotatable bonds is 6. The first-order valence-corrected chi connectivity index (χ1v) is 5.94. The SMILES string of the molecule is CC#CCCC(NCC)c1ccncc1OC. The van der Waals surface area contributed by atoms with Gasteiger partial charge in [-0.25, -0.2) is 0 Å². The molecule has 0 saturated heterocycles. The van der Waals surface area contributed by atoms with Crippen LogP contribution in [0, 0.1) is 11.8 Å². The molecular weight excluding hydrogens is 212 g/mol. The van der Waals surface area contributed by atoms with Crippen molar-refractivity contribution in [3.8, 4) is 17.6 Å². The lowest BCUT2D eigenvalue weighted by Gasteiger charge is -2.19. The smallest absolute Gasteiger partial charge is 0.141 e. The lowest BCUT2D eigenvalue weighted by molar-refractivity contribution is 0.395. The Kier molecular flexibility index (Phi) is 6.13. The third-order valence-electron chi connectivity index (χ3n) is 2.60. The molecule has 1 unspecified atom stereocenters. The molecule has 0 amide bonds. The van der Waals surface area contributed by atoms with E-state index in [1.54, 1.807) is 19.5 Å². The van der Waals surface area contributed by atoms with Gasteiger partial charge in [-0.2, -0.15) is 0 Å². The van der Waals surface area contributed by atoms with Crippen LogP contribution < -0.4 is 10.1 Å². The van der Waals surface area contributed by atoms with Crippen LogP contribution in [0.3, 0.4) is 0 Å². The van der Waals surface area contributed by atoms with Gasteiger partial charge in [0, 0.05) is 24.2 Å². The normalized spacial score (nSPS) is 11.5. The first-order valence-electron chi connectivity index (χ1n) is 5.94. The molecule has 0 aliphatic rings. The molecule has 92 valence electrons. The second-order valence-corrected chi connectivity index (χ2v) is 3.69. The lowest BCUT2D eigenvalue weighted by Crippen LogP contribution is -2.21. The van der Waals surface area contributed by atoms with Crippen LogP contribution in [0.25, 0.3) is 0 Å². The maximum Gasteiger partial charge on any atom is 0.141 e. The molecule has 17 heavy (non-hydrogen) atoms. The molecule has 0 bridgehead atoms. The van der Waals surface area contributed by atoms with Crippen LogP contribution in [0.4, 0.5) is 0 Å². The molecule has 1 aromatic rings. The van der Waals surface area contributed by atoms with Crippen molar-refractivity contribution in [2.75, 3.05) is 13.7 Å². The number of aromatic nitrogens is 1. The second-order valence-electron chi connectivity index (χ2n) is 3.69. The van der Waals surface area contributed by atoms with Gasteiger partial charge in [0.05, 0.1) is 13.3 Å². The molecule has 0 spiro atoms. The highest BCUT2D eigenvalue weighted by atomic mass is 16.5. The monoisotopic (exact) mass is 232 g/mol. The van der Waals surface area contributed by atoms with E-state index >= 15 is 0 Å². The molecule has 0 fully saturated rings. The van der Waals surface area contributed by atoms with Gasteiger partial charge in [0.15, 0.2) is 0 Å². The summed E-state index contributed by atoms with van der Waals surface area (Å²) < 4.78 is 5.34. The van der Waals surface area contributed by atoms with Crippen LogP contribution in [-0.2, 0) is 0 Å². The van der Waals surface area contributed by atoms with Crippen molar-refractivity contribution < 1.29 is 4.74 Å². The van der Waals surface area contributed by atoms with Crippen molar-refractivity contribution in [3.63, 3.8) is 0 Å². The van der Waals surface area contributed by atoms with Crippen LogP contribution in [0.2, 0.25) is 0 Å². The minimum Gasteiger partial charge on any atom is -0.495 e. The maximum atomic E-state index is 5.34. The summed E-state index contributed by atoms with van der Waals surface area (Å²) in [7, 11) is 1.68. The Balaban J connectivity index is 2.82. The van der Waals surface area contributed by atoms with Crippen LogP contribution in [0.5, 0.6) is 5.75 Å². The first-order chi connectivity index (χ1) is 8.33. The highest BCUT2D eigenvalue weighted by molar-refractivity contribution is 5.32. The van der Waals surface area contributed by atoms with Gasteiger partial charge in [0.2, 0.25) is 0 Å². The van der Waals surface area contributed by atoms with E-state index in [2.05, 4.69) is 29.1 Å². The molecule has 1 rings (SSSR count). The Morgan fingerprint density at radius 1 is 1.53 bits per heavy atom. The number of hydrogen-bond donors (Lipinski definition) is 1. The van der Waals surface area contributed by atoms with Gasteiger partial charge in [-0.3, -0.25) is 4.98 Å². The molecule has 0 aliphatic heterocycles. The summed E-state index contributed by atoms with van der Waals surface area (Å²) in [6, 6.07) is 2.28. The molecule has 1 aromatic heterocycles. The van der Waals surface area contributed by atoms with Crippen LogP contribution in [0.1, 0.15) is 38.3 Å². The van der Waals surface area contributed by atoms with E-state index in [1.807, 2.05) is 13.0 Å². The van der Waals surface area contributed by atoms with E-state index in [-0.39, 0.29) is 6.04 Å². The molecule has 1 heterocycles. The summed E-state index contributed by atoms with van der Waals surface area (Å²) in [5.41, 5.74) is 1.15. The Morgan fingerprint density at radius 3 is 3.00 bits per heavy atom. The topological polar surface area (TPSA) is 34.2 Å². The van der Waals surface area contributed by atoms with Crippen molar-refractivity contribution in [3.05, 3.63) is 24.0 Å². The third-order valence-corrected chi connectivity index (χ3v) is 2.60. The van der Waals surface area contributed by atoms with Crippen molar-refractivity contribution in [1.29, 1.82) is 0 Å². The fourth-order valence-corrected chi connectivity index (χ4v) is 1.80. The van der Waals surface area contributed by atoms with Gasteiger partial charge in [0.25, 0.3) is 0 Å². The number of ether oxygens (including phenoxy) is 1. The zero-order chi connectivity index (χ0) is 12.5. The zero-order valence-corrected chi connectivity index (χ0v) is 10.8. The number of nitrogens with one attached hydrogen (secondary N) is 1. The Bertz CT molecular complexity index is 393. The molecule has 0 aliphatic carbocycles. The average Bonchev–Trinajstić information content (AvgIpc) is 2.38. The van der Waals surface area contributed by atoms with Gasteiger partial charge >= 0.3 is 0 Å². The highest BCUT2D eigenvalue weighted by Crippen LogP contribution is 2.26. The lowest BCUT2D eigenvalue weighted by atomic mass is 10.0. The molecule has 0 radical (unpaired) electrons. The van der Waals surface area contributed by atoms with Crippen molar-refractivity contribution in [2.45, 2.75) is 32.7 Å². The molecule has 1 N–H and O–H groups in total. The van der Waals surface area contributed by atoms with Crippen molar-refractivity contribution >= 4 is 0 Å². The van der Waals surface area contributed by atoms with E-state index in [9.17, 15) is 0 Å².